The number of hydrogen-bond donors (Lipinski definition) is 1. The Morgan fingerprint density at radius 1 is 1.00 bits per heavy atom. The monoisotopic (exact) mass is 500 g/mol. The van der Waals surface area contributed by atoms with Crippen LogP contribution in [0.1, 0.15) is 36.9 Å². The van der Waals surface area contributed by atoms with Crippen molar-refractivity contribution in [2.45, 2.75) is 32.2 Å². The predicted molar refractivity (Wildman–Crippen MR) is 139 cm³/mol. The number of pyridine rings is 1. The van der Waals surface area contributed by atoms with E-state index in [0.717, 1.165) is 69.6 Å². The van der Waals surface area contributed by atoms with Gasteiger partial charge in [0.15, 0.2) is 11.6 Å². The molecule has 1 N–H and O–H groups in total. The normalized spacial score (nSPS) is 16.9. The first kappa shape index (κ1) is 23.9. The average molecular weight is 500 g/mol. The first-order chi connectivity index (χ1) is 18.0. The molecule has 11 heteroatoms. The Labute approximate surface area is 215 Å². The average Bonchev–Trinajstić information content (AvgIpc) is 3.68. The third-order valence-corrected chi connectivity index (χ3v) is 7.16. The minimum Gasteiger partial charge on any atom is -0.326 e. The summed E-state index contributed by atoms with van der Waals surface area (Å²) in [6.07, 6.45) is 4.85. The summed E-state index contributed by atoms with van der Waals surface area (Å²) in [5.41, 5.74) is 2.35. The fraction of sp³-hybridized carbons (Fsp3) is 0.385. The molecule has 2 fully saturated rings. The minimum absolute atomic E-state index is 0.00680. The van der Waals surface area contributed by atoms with Gasteiger partial charge in [0, 0.05) is 61.5 Å². The van der Waals surface area contributed by atoms with Crippen LogP contribution in [0.5, 0.6) is 0 Å². The first-order valence-electron chi connectivity index (χ1n) is 12.7. The van der Waals surface area contributed by atoms with Gasteiger partial charge in [-0.1, -0.05) is 13.0 Å². The van der Waals surface area contributed by atoms with Gasteiger partial charge in [0.25, 0.3) is 7.98 Å². The highest BCUT2D eigenvalue weighted by molar-refractivity contribution is 6.08. The van der Waals surface area contributed by atoms with E-state index in [2.05, 4.69) is 42.1 Å². The molecule has 0 spiro atoms. The number of benzene rings is 1. The van der Waals surface area contributed by atoms with Crippen LogP contribution < -0.4 is 5.32 Å². The van der Waals surface area contributed by atoms with E-state index in [9.17, 15) is 8.78 Å². The molecule has 8 nitrogen and oxygen atoms in total. The predicted octanol–water partition coefficient (Wildman–Crippen LogP) is 3.86. The summed E-state index contributed by atoms with van der Waals surface area (Å²) in [4.78, 5) is 17.7. The summed E-state index contributed by atoms with van der Waals surface area (Å²) >= 11 is 0. The zero-order chi connectivity index (χ0) is 25.5. The number of nitrogens with zero attached hydrogens (tertiary/aromatic N) is 7. The van der Waals surface area contributed by atoms with Gasteiger partial charge in [0.05, 0.1) is 6.20 Å². The van der Waals surface area contributed by atoms with Crippen LogP contribution in [0.25, 0.3) is 22.2 Å². The Balaban J connectivity index is 1.21. The molecular weight excluding hydrogens is 473 g/mol. The molecule has 0 atom stereocenters. The van der Waals surface area contributed by atoms with E-state index >= 15 is 0 Å². The molecule has 37 heavy (non-hydrogen) atoms. The summed E-state index contributed by atoms with van der Waals surface area (Å²) < 4.78 is 30.9. The highest BCUT2D eigenvalue weighted by Gasteiger charge is 2.30. The molecule has 1 saturated carbocycles. The number of likely N-dealkylation sites (N-methyl/N-ethyl adjacent to an activating group) is 1. The summed E-state index contributed by atoms with van der Waals surface area (Å²) in [6.45, 7) is 8.38. The molecule has 1 aromatic carbocycles. The summed E-state index contributed by atoms with van der Waals surface area (Å²) in [7, 11) is 5.98. The SMILES string of the molecule is [B]n1nc2c(F)cc(-c3nc(Nc4ccc(CN5CCN(CC)CC5)cn4)ncc3F)cc2c1C1CC1. The van der Waals surface area contributed by atoms with Gasteiger partial charge in [-0.05, 0) is 43.1 Å². The van der Waals surface area contributed by atoms with E-state index in [0.29, 0.717) is 16.8 Å². The molecule has 0 unspecified atom stereocenters. The van der Waals surface area contributed by atoms with Crippen LogP contribution in [-0.4, -0.2) is 75.1 Å². The van der Waals surface area contributed by atoms with Crippen LogP contribution in [-0.2, 0) is 6.54 Å². The molecule has 2 radical (unpaired) electrons. The van der Waals surface area contributed by atoms with Crippen LogP contribution in [0.4, 0.5) is 20.5 Å². The van der Waals surface area contributed by atoms with Gasteiger partial charge in [-0.2, -0.15) is 5.10 Å². The van der Waals surface area contributed by atoms with Gasteiger partial charge >= 0.3 is 0 Å². The van der Waals surface area contributed by atoms with E-state index in [1.807, 2.05) is 18.3 Å². The van der Waals surface area contributed by atoms with Crippen LogP contribution >= 0.6 is 0 Å². The molecule has 0 amide bonds. The molecule has 188 valence electrons. The van der Waals surface area contributed by atoms with E-state index in [-0.39, 0.29) is 23.1 Å². The lowest BCUT2D eigenvalue weighted by molar-refractivity contribution is 0.132. The van der Waals surface area contributed by atoms with Crippen molar-refractivity contribution in [3.63, 3.8) is 0 Å². The van der Waals surface area contributed by atoms with Gasteiger partial charge in [0.2, 0.25) is 5.95 Å². The second-order valence-corrected chi connectivity index (χ2v) is 9.74. The number of fused-ring (bicyclic) bond motifs is 1. The molecule has 0 bridgehead atoms. The maximum absolute atomic E-state index is 14.9. The first-order valence-corrected chi connectivity index (χ1v) is 12.7. The summed E-state index contributed by atoms with van der Waals surface area (Å²) in [5, 5.41) is 7.74. The maximum Gasteiger partial charge on any atom is 0.264 e. The van der Waals surface area contributed by atoms with Crippen LogP contribution in [0.2, 0.25) is 0 Å². The largest absolute Gasteiger partial charge is 0.326 e. The zero-order valence-corrected chi connectivity index (χ0v) is 20.7. The van der Waals surface area contributed by atoms with Gasteiger partial charge < -0.3 is 14.8 Å². The minimum atomic E-state index is -0.649. The lowest BCUT2D eigenvalue weighted by Gasteiger charge is -2.33. The van der Waals surface area contributed by atoms with Crippen LogP contribution in [0.15, 0.2) is 36.7 Å². The Bertz CT molecular complexity index is 1430. The molecule has 1 saturated heterocycles. The van der Waals surface area contributed by atoms with Crippen molar-refractivity contribution in [3.8, 4) is 11.3 Å². The maximum atomic E-state index is 14.9. The second-order valence-electron chi connectivity index (χ2n) is 9.74. The van der Waals surface area contributed by atoms with E-state index < -0.39 is 11.6 Å². The Morgan fingerprint density at radius 3 is 2.49 bits per heavy atom. The number of halogens is 2. The molecule has 4 heterocycles. The Morgan fingerprint density at radius 2 is 1.78 bits per heavy atom. The lowest BCUT2D eigenvalue weighted by atomic mass is 10.0. The van der Waals surface area contributed by atoms with Crippen molar-refractivity contribution in [2.24, 2.45) is 0 Å². The number of nitrogens with one attached hydrogen (secondary N) is 1. The van der Waals surface area contributed by atoms with Gasteiger partial charge in [0.1, 0.15) is 17.0 Å². The van der Waals surface area contributed by atoms with Gasteiger partial charge in [-0.3, -0.25) is 4.90 Å². The van der Waals surface area contributed by atoms with Crippen molar-refractivity contribution < 1.29 is 8.78 Å². The molecule has 3 aromatic heterocycles. The molecule has 6 rings (SSSR count). The molecule has 2 aliphatic rings. The number of anilines is 2. The number of rotatable bonds is 7. The van der Waals surface area contributed by atoms with E-state index in [4.69, 9.17) is 7.98 Å². The smallest absolute Gasteiger partial charge is 0.264 e. The van der Waals surface area contributed by atoms with Gasteiger partial charge in [-0.25, -0.2) is 23.7 Å². The van der Waals surface area contributed by atoms with Crippen molar-refractivity contribution in [1.29, 1.82) is 0 Å². The molecule has 1 aliphatic carbocycles. The van der Waals surface area contributed by atoms with Gasteiger partial charge in [-0.15, -0.1) is 0 Å². The van der Waals surface area contributed by atoms with E-state index in [1.165, 1.54) is 10.7 Å². The topological polar surface area (TPSA) is 75.0 Å². The van der Waals surface area contributed by atoms with Crippen molar-refractivity contribution in [1.82, 2.24) is 34.4 Å². The molecular formula is C26H27BF2N8. The third-order valence-electron chi connectivity index (χ3n) is 7.16. The number of piperazine rings is 1. The molecule has 4 aromatic rings. The number of aromatic nitrogens is 5. The lowest BCUT2D eigenvalue weighted by Crippen LogP contribution is -2.45. The quantitative estimate of drug-likeness (QED) is 0.387. The van der Waals surface area contributed by atoms with Crippen LogP contribution in [0, 0.1) is 11.6 Å². The summed E-state index contributed by atoms with van der Waals surface area (Å²) in [5.74, 6) is -0.264. The highest BCUT2D eigenvalue weighted by Crippen LogP contribution is 2.44. The standard InChI is InChI=1S/C26H27BF2N8/c1-2-35-7-9-36(10-8-35)15-16-3-6-22(30-13-16)32-26-31-14-21(29)23(33-26)18-11-19-24(20(28)12-18)34-37(27)25(19)17-4-5-17/h3,6,11-14,17H,2,4-5,7-10,15H2,1H3,(H,30,31,32,33). The molecule has 1 aliphatic heterocycles. The second kappa shape index (κ2) is 9.79. The number of hydrogen-bond acceptors (Lipinski definition) is 7. The third kappa shape index (κ3) is 4.93. The highest BCUT2D eigenvalue weighted by atomic mass is 19.1. The van der Waals surface area contributed by atoms with E-state index in [1.54, 1.807) is 6.07 Å². The zero-order valence-electron chi connectivity index (χ0n) is 20.7. The van der Waals surface area contributed by atoms with Crippen LogP contribution in [0.3, 0.4) is 0 Å². The fourth-order valence-electron chi connectivity index (χ4n) is 4.94. The summed E-state index contributed by atoms with van der Waals surface area (Å²) in [6, 6.07) is 6.80. The fourth-order valence-corrected chi connectivity index (χ4v) is 4.94. The Hall–Kier alpha value is -3.44. The van der Waals surface area contributed by atoms with Crippen molar-refractivity contribution in [3.05, 3.63) is 59.6 Å². The Kier molecular flexibility index (Phi) is 6.33. The van der Waals surface area contributed by atoms with Crippen molar-refractivity contribution in [2.75, 3.05) is 38.0 Å². The van der Waals surface area contributed by atoms with Crippen molar-refractivity contribution >= 4 is 30.7 Å².